The summed E-state index contributed by atoms with van der Waals surface area (Å²) in [4.78, 5) is 59.9. The van der Waals surface area contributed by atoms with Crippen molar-refractivity contribution < 1.29 is 64.2 Å². The van der Waals surface area contributed by atoms with Crippen molar-refractivity contribution in [3.05, 3.63) is 137 Å². The average molecular weight is 1150 g/mol. The standard InChI is InChI=1S/C51H61F2N13O9.3ClH/c1-5-45(33(2)67)66-49(70)65(31-59-66)40-11-9-38(10-12-40)61-19-21-62(22-20-61)39-13-15-41(16-14-39)72-26-35-24-51(74-27-35,42-17-8-37(52)23-43(42)53)29-64-32-63(30-58-64)34(3)75-50(71)60(4)46-36(7-6-18-56-46)28-73-47(68)44(54)25-57-48(55)69;;;/h6-18,23,30-35,44-45,67H,5,19-22,24-29,54H2,1-4H3,(H2-,55,57,69);3*1H/t33-,34?,35+,44-,45-,51-;;;/m0.../s1. The number of esters is 1. The molecular formula is C51H64Cl3F2N13O9. The maximum Gasteiger partial charge on any atom is 0.418 e. The van der Waals surface area contributed by atoms with Gasteiger partial charge in [-0.2, -0.15) is 9.67 Å². The molecule has 3 amide bonds. The van der Waals surface area contributed by atoms with Crippen LogP contribution in [0.2, 0.25) is 0 Å². The summed E-state index contributed by atoms with van der Waals surface area (Å²) in [5.74, 6) is -1.66. The van der Waals surface area contributed by atoms with Crippen LogP contribution in [0, 0.1) is 17.6 Å². The predicted octanol–water partition coefficient (Wildman–Crippen LogP) is 1.54. The van der Waals surface area contributed by atoms with Crippen molar-refractivity contribution in [2.24, 2.45) is 17.4 Å². The average Bonchev–Trinajstić information content (AvgIpc) is 4.16. The first kappa shape index (κ1) is 61.8. The number of hydrogen-bond acceptors (Lipinski definition) is 15. The second-order valence-electron chi connectivity index (χ2n) is 18.6. The number of rotatable bonds is 20. The summed E-state index contributed by atoms with van der Waals surface area (Å²) in [7, 11) is 1.44. The van der Waals surface area contributed by atoms with Gasteiger partial charge in [0.1, 0.15) is 54.3 Å². The predicted molar refractivity (Wildman–Crippen MR) is 283 cm³/mol. The molecule has 5 heterocycles. The second-order valence-corrected chi connectivity index (χ2v) is 18.6. The highest BCUT2D eigenvalue weighted by Gasteiger charge is 2.46. The van der Waals surface area contributed by atoms with Crippen molar-refractivity contribution >= 4 is 60.1 Å². The van der Waals surface area contributed by atoms with Crippen molar-refractivity contribution in [3.8, 4) is 11.4 Å². The van der Waals surface area contributed by atoms with Gasteiger partial charge in [0.25, 0.3) is 6.33 Å². The fourth-order valence-corrected chi connectivity index (χ4v) is 9.30. The first-order valence-corrected chi connectivity index (χ1v) is 24.6. The van der Waals surface area contributed by atoms with E-state index in [4.69, 9.17) is 30.4 Å². The van der Waals surface area contributed by atoms with E-state index in [1.807, 2.05) is 55.5 Å². The summed E-state index contributed by atoms with van der Waals surface area (Å²) in [5.41, 5.74) is 12.6. The fraction of sp³-hybridized carbons (Fsp3) is 0.412. The number of primary amides is 1. The van der Waals surface area contributed by atoms with Gasteiger partial charge < -0.3 is 63.0 Å². The van der Waals surface area contributed by atoms with Crippen LogP contribution in [0.1, 0.15) is 57.0 Å². The van der Waals surface area contributed by atoms with E-state index in [0.29, 0.717) is 29.8 Å². The van der Waals surface area contributed by atoms with Gasteiger partial charge in [-0.25, -0.2) is 37.4 Å². The number of carbonyl (C=O) groups excluding carboxylic acids is 3. The Labute approximate surface area is 467 Å². The van der Waals surface area contributed by atoms with E-state index in [1.54, 1.807) is 32.3 Å². The third-order valence-electron chi connectivity index (χ3n) is 13.4. The highest BCUT2D eigenvalue weighted by molar-refractivity contribution is 5.87. The van der Waals surface area contributed by atoms with Gasteiger partial charge in [-0.1, -0.05) is 19.1 Å². The Bertz CT molecular complexity index is 3000. The van der Waals surface area contributed by atoms with Gasteiger partial charge in [0, 0.05) is 92.5 Å². The van der Waals surface area contributed by atoms with E-state index in [9.17, 15) is 28.7 Å². The number of aliphatic hydroxyl groups excluding tert-OH is 1. The Hall–Kier alpha value is -7.09. The number of ether oxygens (including phenoxy) is 4. The molecule has 78 heavy (non-hydrogen) atoms. The molecule has 0 saturated carbocycles. The Morgan fingerprint density at radius 2 is 1.63 bits per heavy atom. The first-order valence-electron chi connectivity index (χ1n) is 24.6. The molecule has 8 rings (SSSR count). The van der Waals surface area contributed by atoms with Gasteiger partial charge in [-0.3, -0.25) is 9.69 Å². The van der Waals surface area contributed by atoms with E-state index in [-0.39, 0.29) is 93.1 Å². The number of piperazine rings is 1. The van der Waals surface area contributed by atoms with Crippen molar-refractivity contribution in [3.63, 3.8) is 0 Å². The lowest BCUT2D eigenvalue weighted by Gasteiger charge is -2.37. The molecule has 0 radical (unpaired) electrons. The van der Waals surface area contributed by atoms with Gasteiger partial charge >= 0.3 is 23.8 Å². The summed E-state index contributed by atoms with van der Waals surface area (Å²) in [6, 6.07) is 19.9. The second kappa shape index (κ2) is 27.5. The number of aliphatic hydroxyl groups is 1. The Morgan fingerprint density at radius 1 is 0.974 bits per heavy atom. The summed E-state index contributed by atoms with van der Waals surface area (Å²) in [5, 5.41) is 21.1. The van der Waals surface area contributed by atoms with E-state index >= 15 is 4.39 Å². The maximum atomic E-state index is 15.6. The third kappa shape index (κ3) is 14.5. The summed E-state index contributed by atoms with van der Waals surface area (Å²) in [6.45, 7) is 8.36. The minimum atomic E-state index is -1.26. The number of amides is 3. The van der Waals surface area contributed by atoms with Crippen LogP contribution in [0.4, 0.5) is 35.6 Å². The number of nitrogens with zero attached hydrogens (tertiary/aromatic N) is 10. The molecule has 2 aliphatic heterocycles. The van der Waals surface area contributed by atoms with Gasteiger partial charge in [-0.05, 0) is 80.4 Å². The number of carbonyl (C=O) groups is 3. The summed E-state index contributed by atoms with van der Waals surface area (Å²) >= 11 is 0. The lowest BCUT2D eigenvalue weighted by molar-refractivity contribution is -0.753. The molecule has 3 aromatic carbocycles. The third-order valence-corrected chi connectivity index (χ3v) is 13.4. The van der Waals surface area contributed by atoms with Gasteiger partial charge in [0.05, 0.1) is 31.0 Å². The molecule has 27 heteroatoms. The van der Waals surface area contributed by atoms with E-state index in [2.05, 4.69) is 30.3 Å². The molecule has 6 aromatic rings. The number of urea groups is 1. The van der Waals surface area contributed by atoms with E-state index in [0.717, 1.165) is 48.5 Å². The van der Waals surface area contributed by atoms with Crippen molar-refractivity contribution in [1.82, 2.24) is 34.4 Å². The minimum Gasteiger partial charge on any atom is -1.00 e. The number of nitrogens with two attached hydrogens (primary N) is 2. The van der Waals surface area contributed by atoms with Gasteiger partial charge in [0.15, 0.2) is 0 Å². The molecule has 0 spiro atoms. The molecule has 6 N–H and O–H groups in total. The zero-order valence-corrected chi connectivity index (χ0v) is 45.7. The number of benzene rings is 3. The number of pyridine rings is 1. The van der Waals surface area contributed by atoms with Crippen LogP contribution in [-0.2, 0) is 37.8 Å². The summed E-state index contributed by atoms with van der Waals surface area (Å²) in [6.07, 6.45) is 4.48. The molecule has 3 aromatic heterocycles. The number of aromatic nitrogens is 7. The normalized spacial score (nSPS) is 17.5. The highest BCUT2D eigenvalue weighted by Crippen LogP contribution is 2.42. The summed E-state index contributed by atoms with van der Waals surface area (Å²) < 4.78 is 59.5. The van der Waals surface area contributed by atoms with Crippen LogP contribution in [-0.4, -0.2) is 117 Å². The van der Waals surface area contributed by atoms with Crippen molar-refractivity contribution in [2.45, 2.75) is 76.8 Å². The molecule has 0 bridgehead atoms. The molecule has 2 fully saturated rings. The maximum absolute atomic E-state index is 15.6. The molecule has 422 valence electrons. The van der Waals surface area contributed by atoms with Crippen LogP contribution in [0.25, 0.3) is 5.69 Å². The number of halogens is 5. The number of anilines is 3. The lowest BCUT2D eigenvalue weighted by Crippen LogP contribution is -3.00. The largest absolute Gasteiger partial charge is 1.00 e. The van der Waals surface area contributed by atoms with Crippen molar-refractivity contribution in [1.29, 1.82) is 0 Å². The molecule has 2 aliphatic rings. The van der Waals surface area contributed by atoms with Crippen LogP contribution >= 0.6 is 24.8 Å². The number of nitrogens with one attached hydrogen (secondary N) is 1. The molecule has 2 saturated heterocycles. The van der Waals surface area contributed by atoms with Crippen LogP contribution in [0.15, 0.2) is 109 Å². The van der Waals surface area contributed by atoms with Crippen LogP contribution in [0.3, 0.4) is 0 Å². The Balaban J connectivity index is 0.00000374. The van der Waals surface area contributed by atoms with E-state index < -0.39 is 59.7 Å². The fourth-order valence-electron chi connectivity index (χ4n) is 9.30. The molecule has 1 unspecified atom stereocenters. The van der Waals surface area contributed by atoms with Crippen LogP contribution < -0.4 is 58.9 Å². The highest BCUT2D eigenvalue weighted by atomic mass is 35.5. The van der Waals surface area contributed by atoms with E-state index in [1.165, 1.54) is 56.5 Å². The quantitative estimate of drug-likeness (QED) is 0.0625. The molecule has 6 atom stereocenters. The molecular weight excluding hydrogens is 1080 g/mol. The first-order chi connectivity index (χ1) is 36.0. The Kier molecular flexibility index (Phi) is 21.8. The zero-order chi connectivity index (χ0) is 53.4. The Morgan fingerprint density at radius 3 is 2.26 bits per heavy atom. The smallest absolute Gasteiger partial charge is 0.418 e. The van der Waals surface area contributed by atoms with Gasteiger partial charge in [0.2, 0.25) is 12.6 Å². The SMILES string of the molecule is CC[C@@H]([C@H](C)O)n1ncn(-c2ccc(N3CCN(c4ccc(OC[C@@H]5CO[C@@](Cn6c[n+](C(C)OC(=O)N(C)c7ncccc7COC(=O)[C@@H](N)CNC(N)=O)cn6)(c6ccc(F)cc6F)C5)cc4)CC3)cc2)c1=O.Cl.Cl.[Cl-]. The monoisotopic (exact) mass is 1150 g/mol. The van der Waals surface area contributed by atoms with Gasteiger partial charge in [-0.15, -0.1) is 29.5 Å². The van der Waals surface area contributed by atoms with Crippen LogP contribution in [0.5, 0.6) is 5.75 Å². The molecule has 22 nitrogen and oxygen atoms in total. The minimum absolute atomic E-state index is 0. The zero-order valence-electron chi connectivity index (χ0n) is 43.3. The van der Waals surface area contributed by atoms with Crippen molar-refractivity contribution in [2.75, 3.05) is 67.7 Å². The topological polar surface area (TPSA) is 257 Å². The lowest BCUT2D eigenvalue weighted by atomic mass is 9.87. The molecule has 0 aliphatic carbocycles. The number of hydrogen-bond donors (Lipinski definition) is 4.